The molecule has 78 valence electrons. The van der Waals surface area contributed by atoms with Crippen molar-refractivity contribution in [3.8, 4) is 0 Å². The molecule has 3 nitrogen and oxygen atoms in total. The summed E-state index contributed by atoms with van der Waals surface area (Å²) in [4.78, 5) is 0. The van der Waals surface area contributed by atoms with Crippen LogP contribution >= 0.6 is 0 Å². The van der Waals surface area contributed by atoms with Gasteiger partial charge >= 0.3 is 0 Å². The molecule has 4 heteroatoms. The van der Waals surface area contributed by atoms with Gasteiger partial charge < -0.3 is 5.11 Å². The number of sulfone groups is 1. The number of hydrogen-bond donors (Lipinski definition) is 1. The summed E-state index contributed by atoms with van der Waals surface area (Å²) in [7, 11) is -2.88. The van der Waals surface area contributed by atoms with E-state index in [1.807, 2.05) is 6.92 Å². The van der Waals surface area contributed by atoms with Crippen molar-refractivity contribution in [2.24, 2.45) is 11.3 Å². The molecule has 0 saturated heterocycles. The number of aliphatic hydroxyl groups is 1. The first-order valence-corrected chi connectivity index (χ1v) is 6.72. The fraction of sp³-hybridized carbons (Fsp3) is 1.00. The first-order chi connectivity index (χ1) is 5.87. The highest BCUT2D eigenvalue weighted by Gasteiger charge is 2.40. The molecule has 0 bridgehead atoms. The zero-order chi connectivity index (χ0) is 10.1. The van der Waals surface area contributed by atoms with E-state index in [9.17, 15) is 13.5 Å². The summed E-state index contributed by atoms with van der Waals surface area (Å²) in [6.45, 7) is 2.09. The topological polar surface area (TPSA) is 54.4 Å². The summed E-state index contributed by atoms with van der Waals surface area (Å²) in [5, 5.41) is 9.20. The molecule has 1 unspecified atom stereocenters. The molecular weight excluding hydrogens is 188 g/mol. The van der Waals surface area contributed by atoms with Crippen LogP contribution in [-0.4, -0.2) is 32.1 Å². The second-order valence-corrected chi connectivity index (χ2v) is 6.73. The minimum Gasteiger partial charge on any atom is -0.396 e. The van der Waals surface area contributed by atoms with Gasteiger partial charge in [-0.1, -0.05) is 6.92 Å². The third-order valence-corrected chi connectivity index (χ3v) is 3.91. The summed E-state index contributed by atoms with van der Waals surface area (Å²) < 4.78 is 21.9. The quantitative estimate of drug-likeness (QED) is 0.725. The lowest BCUT2D eigenvalue weighted by Gasteiger charge is -2.26. The van der Waals surface area contributed by atoms with Crippen LogP contribution in [0.4, 0.5) is 0 Å². The molecule has 0 aromatic heterocycles. The molecule has 1 rings (SSSR count). The van der Waals surface area contributed by atoms with Crippen LogP contribution in [-0.2, 0) is 9.84 Å². The van der Waals surface area contributed by atoms with Crippen LogP contribution < -0.4 is 0 Å². The zero-order valence-corrected chi connectivity index (χ0v) is 9.10. The molecule has 1 aliphatic carbocycles. The smallest absolute Gasteiger partial charge is 0.147 e. The maximum atomic E-state index is 11.0. The fourth-order valence-corrected chi connectivity index (χ4v) is 2.45. The van der Waals surface area contributed by atoms with E-state index in [2.05, 4.69) is 0 Å². The standard InChI is InChI=1S/C9H18O3S/c1-9(7-10,8-3-4-8)5-6-13(2,11)12/h8,10H,3-7H2,1-2H3. The molecule has 1 saturated carbocycles. The predicted molar refractivity (Wildman–Crippen MR) is 52.2 cm³/mol. The minimum atomic E-state index is -2.88. The Labute approximate surface area is 80.1 Å². The maximum absolute atomic E-state index is 11.0. The van der Waals surface area contributed by atoms with Gasteiger partial charge in [0, 0.05) is 12.9 Å². The van der Waals surface area contributed by atoms with Gasteiger partial charge in [0.15, 0.2) is 0 Å². The Balaban J connectivity index is 2.49. The monoisotopic (exact) mass is 206 g/mol. The molecule has 1 fully saturated rings. The molecule has 0 aromatic carbocycles. The highest BCUT2D eigenvalue weighted by molar-refractivity contribution is 7.90. The van der Waals surface area contributed by atoms with Gasteiger partial charge in [-0.3, -0.25) is 0 Å². The fourth-order valence-electron chi connectivity index (χ4n) is 1.61. The van der Waals surface area contributed by atoms with Crippen molar-refractivity contribution in [2.75, 3.05) is 18.6 Å². The second kappa shape index (κ2) is 3.58. The van der Waals surface area contributed by atoms with Gasteiger partial charge in [-0.2, -0.15) is 0 Å². The van der Waals surface area contributed by atoms with Gasteiger partial charge in [-0.05, 0) is 30.6 Å². The molecule has 0 spiro atoms. The summed E-state index contributed by atoms with van der Waals surface area (Å²) in [5.41, 5.74) is -0.164. The van der Waals surface area contributed by atoms with Gasteiger partial charge in [0.25, 0.3) is 0 Å². The third-order valence-electron chi connectivity index (χ3n) is 2.97. The predicted octanol–water partition coefficient (Wildman–Crippen LogP) is 0.830. The van der Waals surface area contributed by atoms with Gasteiger partial charge in [0.2, 0.25) is 0 Å². The SMILES string of the molecule is CC(CO)(CCS(C)(=O)=O)C1CC1. The van der Waals surface area contributed by atoms with E-state index in [-0.39, 0.29) is 17.8 Å². The van der Waals surface area contributed by atoms with E-state index >= 15 is 0 Å². The average Bonchev–Trinajstić information content (AvgIpc) is 2.81. The lowest BCUT2D eigenvalue weighted by Crippen LogP contribution is -2.27. The van der Waals surface area contributed by atoms with Crippen LogP contribution in [0, 0.1) is 11.3 Å². The van der Waals surface area contributed by atoms with Gasteiger partial charge in [-0.15, -0.1) is 0 Å². The lowest BCUT2D eigenvalue weighted by molar-refractivity contribution is 0.116. The Morgan fingerprint density at radius 2 is 2.00 bits per heavy atom. The normalized spacial score (nSPS) is 22.7. The highest BCUT2D eigenvalue weighted by atomic mass is 32.2. The van der Waals surface area contributed by atoms with Crippen LogP contribution in [0.25, 0.3) is 0 Å². The number of rotatable bonds is 5. The molecule has 0 aliphatic heterocycles. The molecular formula is C9H18O3S. The van der Waals surface area contributed by atoms with Crippen LogP contribution in [0.15, 0.2) is 0 Å². The van der Waals surface area contributed by atoms with E-state index in [1.54, 1.807) is 0 Å². The lowest BCUT2D eigenvalue weighted by atomic mass is 9.83. The van der Waals surface area contributed by atoms with Crippen molar-refractivity contribution in [1.29, 1.82) is 0 Å². The van der Waals surface area contributed by atoms with Crippen LogP contribution in [0.2, 0.25) is 0 Å². The summed E-state index contributed by atoms with van der Waals surface area (Å²) in [6, 6.07) is 0. The number of hydrogen-bond acceptors (Lipinski definition) is 3. The number of aliphatic hydroxyl groups excluding tert-OH is 1. The van der Waals surface area contributed by atoms with Crippen molar-refractivity contribution in [1.82, 2.24) is 0 Å². The minimum absolute atomic E-state index is 0.104. The summed E-state index contributed by atoms with van der Waals surface area (Å²) in [5.74, 6) is 0.736. The zero-order valence-electron chi connectivity index (χ0n) is 8.28. The Hall–Kier alpha value is -0.0900. The highest BCUT2D eigenvalue weighted by Crippen LogP contribution is 2.47. The molecule has 13 heavy (non-hydrogen) atoms. The van der Waals surface area contributed by atoms with E-state index < -0.39 is 9.84 Å². The van der Waals surface area contributed by atoms with Crippen molar-refractivity contribution in [3.63, 3.8) is 0 Å². The molecule has 0 radical (unpaired) electrons. The van der Waals surface area contributed by atoms with Gasteiger partial charge in [-0.25, -0.2) is 8.42 Å². The summed E-state index contributed by atoms with van der Waals surface area (Å²) in [6.07, 6.45) is 4.12. The van der Waals surface area contributed by atoms with Crippen molar-refractivity contribution < 1.29 is 13.5 Å². The first-order valence-electron chi connectivity index (χ1n) is 4.66. The van der Waals surface area contributed by atoms with Crippen molar-refractivity contribution >= 4 is 9.84 Å². The van der Waals surface area contributed by atoms with E-state index in [1.165, 1.54) is 6.26 Å². The van der Waals surface area contributed by atoms with Gasteiger partial charge in [0.05, 0.1) is 5.75 Å². The average molecular weight is 206 g/mol. The first kappa shape index (κ1) is 11.0. The largest absolute Gasteiger partial charge is 0.396 e. The Bertz CT molecular complexity index is 267. The van der Waals surface area contributed by atoms with E-state index in [0.29, 0.717) is 12.3 Å². The van der Waals surface area contributed by atoms with Crippen LogP contribution in [0.3, 0.4) is 0 Å². The van der Waals surface area contributed by atoms with Crippen LogP contribution in [0.1, 0.15) is 26.2 Å². The summed E-state index contributed by atoms with van der Waals surface area (Å²) >= 11 is 0. The Morgan fingerprint density at radius 3 is 2.31 bits per heavy atom. The van der Waals surface area contributed by atoms with Crippen molar-refractivity contribution in [3.05, 3.63) is 0 Å². The van der Waals surface area contributed by atoms with Crippen molar-refractivity contribution in [2.45, 2.75) is 26.2 Å². The molecule has 1 N–H and O–H groups in total. The van der Waals surface area contributed by atoms with E-state index in [0.717, 1.165) is 12.8 Å². The van der Waals surface area contributed by atoms with Gasteiger partial charge in [0.1, 0.15) is 9.84 Å². The second-order valence-electron chi connectivity index (χ2n) is 4.47. The van der Waals surface area contributed by atoms with Crippen LogP contribution in [0.5, 0.6) is 0 Å². The molecule has 0 aromatic rings. The maximum Gasteiger partial charge on any atom is 0.147 e. The molecule has 0 heterocycles. The third kappa shape index (κ3) is 3.27. The van der Waals surface area contributed by atoms with E-state index in [4.69, 9.17) is 0 Å². The Morgan fingerprint density at radius 1 is 1.46 bits per heavy atom. The molecule has 0 amide bonds. The molecule has 1 atom stereocenters. The molecule has 1 aliphatic rings. The Kier molecular flexibility index (Phi) is 3.02.